The molecule has 0 fully saturated rings. The molecule has 0 radical (unpaired) electrons. The Balaban J connectivity index is 1.95. The number of esters is 1. The molecule has 2 aromatic rings. The van der Waals surface area contributed by atoms with Gasteiger partial charge in [-0.25, -0.2) is 9.79 Å². The van der Waals surface area contributed by atoms with Crippen molar-refractivity contribution in [2.45, 2.75) is 0 Å². The number of cyclic esters (lactones) is 1. The molecule has 5 heteroatoms. The minimum absolute atomic E-state index is 0.354. The number of carbonyl (C=O) groups is 1. The van der Waals surface area contributed by atoms with E-state index in [0.717, 1.165) is 10.4 Å². The van der Waals surface area contributed by atoms with Crippen LogP contribution in [0.3, 0.4) is 0 Å². The molecule has 3 rings (SSSR count). The van der Waals surface area contributed by atoms with Crippen molar-refractivity contribution in [1.82, 2.24) is 0 Å². The highest BCUT2D eigenvalue weighted by Crippen LogP contribution is 2.21. The molecule has 0 atom stereocenters. The van der Waals surface area contributed by atoms with Gasteiger partial charge in [0.2, 0.25) is 5.90 Å². The van der Waals surface area contributed by atoms with E-state index < -0.39 is 0 Å². The van der Waals surface area contributed by atoms with E-state index >= 15 is 0 Å². The molecule has 1 aliphatic heterocycles. The molecule has 0 unspecified atom stereocenters. The summed E-state index contributed by atoms with van der Waals surface area (Å²) in [7, 11) is 0. The molecule has 0 saturated heterocycles. The topological polar surface area (TPSA) is 38.7 Å². The lowest BCUT2D eigenvalue weighted by Crippen LogP contribution is -2.03. The number of rotatable bonds is 2. The number of hydrogen-bond acceptors (Lipinski definition) is 5. The number of aliphatic imine (C=N–C) groups is 1. The van der Waals surface area contributed by atoms with Crippen LogP contribution in [0.15, 0.2) is 45.0 Å². The monoisotopic (exact) mass is 261 g/mol. The van der Waals surface area contributed by atoms with Crippen LogP contribution in [0, 0.1) is 0 Å². The van der Waals surface area contributed by atoms with Gasteiger partial charge in [-0.1, -0.05) is 6.07 Å². The predicted octanol–water partition coefficient (Wildman–Crippen LogP) is 3.15. The summed E-state index contributed by atoms with van der Waals surface area (Å²) >= 11 is 3.08. The standard InChI is InChI=1S/C12H7NO2S2/c14-12-9(6-8-3-5-16-7-8)13-11(15-12)10-2-1-4-17-10/h1-7H/b9-6-. The van der Waals surface area contributed by atoms with Crippen LogP contribution in [0.1, 0.15) is 10.4 Å². The van der Waals surface area contributed by atoms with Gasteiger partial charge in [0, 0.05) is 0 Å². The molecule has 84 valence electrons. The molecule has 0 aromatic carbocycles. The predicted molar refractivity (Wildman–Crippen MR) is 69.2 cm³/mol. The zero-order valence-corrected chi connectivity index (χ0v) is 10.3. The minimum atomic E-state index is -0.389. The highest BCUT2D eigenvalue weighted by molar-refractivity contribution is 7.12. The van der Waals surface area contributed by atoms with Gasteiger partial charge < -0.3 is 4.74 Å². The molecule has 1 aliphatic rings. The number of carbonyl (C=O) groups excluding carboxylic acids is 1. The maximum absolute atomic E-state index is 11.6. The summed E-state index contributed by atoms with van der Waals surface area (Å²) in [5, 5.41) is 5.84. The van der Waals surface area contributed by atoms with Gasteiger partial charge in [-0.05, 0) is 39.9 Å². The van der Waals surface area contributed by atoms with E-state index in [-0.39, 0.29) is 5.97 Å². The third-order valence-electron chi connectivity index (χ3n) is 2.20. The largest absolute Gasteiger partial charge is 0.401 e. The third kappa shape index (κ3) is 2.07. The fourth-order valence-corrected chi connectivity index (χ4v) is 2.70. The lowest BCUT2D eigenvalue weighted by Gasteiger charge is -1.92. The lowest BCUT2D eigenvalue weighted by molar-refractivity contribution is -0.129. The summed E-state index contributed by atoms with van der Waals surface area (Å²) in [5.74, 6) is 0.00563. The van der Waals surface area contributed by atoms with Gasteiger partial charge >= 0.3 is 5.97 Å². The van der Waals surface area contributed by atoms with Crippen LogP contribution in [0.5, 0.6) is 0 Å². The second kappa shape index (κ2) is 4.27. The molecule has 2 aromatic heterocycles. The third-order valence-corrected chi connectivity index (χ3v) is 3.76. The molecule has 0 spiro atoms. The zero-order valence-electron chi connectivity index (χ0n) is 8.62. The maximum Gasteiger partial charge on any atom is 0.363 e. The van der Waals surface area contributed by atoms with Gasteiger partial charge in [0.25, 0.3) is 0 Å². The van der Waals surface area contributed by atoms with Crippen molar-refractivity contribution < 1.29 is 9.53 Å². The van der Waals surface area contributed by atoms with Crippen molar-refractivity contribution in [3.63, 3.8) is 0 Å². The Morgan fingerprint density at radius 3 is 2.94 bits per heavy atom. The average Bonchev–Trinajstić information content (AvgIpc) is 3.02. The van der Waals surface area contributed by atoms with Crippen LogP contribution in [0.25, 0.3) is 6.08 Å². The van der Waals surface area contributed by atoms with Crippen LogP contribution in [-0.2, 0) is 9.53 Å². The first-order valence-electron chi connectivity index (χ1n) is 4.91. The molecule has 0 amide bonds. The summed E-state index contributed by atoms with van der Waals surface area (Å²) in [6.45, 7) is 0. The van der Waals surface area contributed by atoms with Crippen LogP contribution in [0.2, 0.25) is 0 Å². The summed E-state index contributed by atoms with van der Waals surface area (Å²) in [5.41, 5.74) is 1.32. The highest BCUT2D eigenvalue weighted by Gasteiger charge is 2.24. The molecule has 0 saturated carbocycles. The molecular weight excluding hydrogens is 254 g/mol. The first-order valence-corrected chi connectivity index (χ1v) is 6.74. The van der Waals surface area contributed by atoms with Crippen molar-refractivity contribution in [2.24, 2.45) is 4.99 Å². The van der Waals surface area contributed by atoms with Crippen molar-refractivity contribution in [2.75, 3.05) is 0 Å². The van der Waals surface area contributed by atoms with Crippen molar-refractivity contribution >= 4 is 40.6 Å². The first-order chi connectivity index (χ1) is 8.33. The van der Waals surface area contributed by atoms with Crippen LogP contribution in [0.4, 0.5) is 0 Å². The van der Waals surface area contributed by atoms with Crippen molar-refractivity contribution in [3.8, 4) is 0 Å². The quantitative estimate of drug-likeness (QED) is 0.615. The van der Waals surface area contributed by atoms with Gasteiger partial charge in [-0.15, -0.1) is 11.3 Å². The number of nitrogens with zero attached hydrogens (tertiary/aromatic N) is 1. The molecule has 0 N–H and O–H groups in total. The molecule has 3 nitrogen and oxygen atoms in total. The van der Waals surface area contributed by atoms with Gasteiger partial charge in [0.05, 0.1) is 4.88 Å². The van der Waals surface area contributed by atoms with Crippen molar-refractivity contribution in [1.29, 1.82) is 0 Å². The molecule has 0 bridgehead atoms. The van der Waals surface area contributed by atoms with Gasteiger partial charge in [-0.2, -0.15) is 11.3 Å². The maximum atomic E-state index is 11.6. The lowest BCUT2D eigenvalue weighted by atomic mass is 10.3. The number of ether oxygens (including phenoxy) is 1. The Kier molecular flexibility index (Phi) is 2.62. The van der Waals surface area contributed by atoms with E-state index in [1.165, 1.54) is 11.3 Å². The minimum Gasteiger partial charge on any atom is -0.401 e. The summed E-state index contributed by atoms with van der Waals surface area (Å²) in [6, 6.07) is 5.71. The Morgan fingerprint density at radius 1 is 1.29 bits per heavy atom. The average molecular weight is 261 g/mol. The van der Waals surface area contributed by atoms with E-state index in [1.807, 2.05) is 34.3 Å². The van der Waals surface area contributed by atoms with Crippen molar-refractivity contribution in [3.05, 3.63) is 50.5 Å². The Morgan fingerprint density at radius 2 is 2.24 bits per heavy atom. The SMILES string of the molecule is O=C1OC(c2cccs2)=N/C1=C\c1ccsc1. The highest BCUT2D eigenvalue weighted by atomic mass is 32.1. The van der Waals surface area contributed by atoms with E-state index in [2.05, 4.69) is 4.99 Å². The van der Waals surface area contributed by atoms with Gasteiger partial charge in [0.15, 0.2) is 5.70 Å². The second-order valence-electron chi connectivity index (χ2n) is 3.37. The Bertz CT molecular complexity index is 595. The molecule has 17 heavy (non-hydrogen) atoms. The smallest absolute Gasteiger partial charge is 0.363 e. The molecule has 0 aliphatic carbocycles. The summed E-state index contributed by atoms with van der Waals surface area (Å²) < 4.78 is 5.12. The van der Waals surface area contributed by atoms with E-state index in [4.69, 9.17) is 4.74 Å². The van der Waals surface area contributed by atoms with Crippen LogP contribution >= 0.6 is 22.7 Å². The number of hydrogen-bond donors (Lipinski definition) is 0. The van der Waals surface area contributed by atoms with Gasteiger partial charge in [0.1, 0.15) is 0 Å². The van der Waals surface area contributed by atoms with Gasteiger partial charge in [-0.3, -0.25) is 0 Å². The second-order valence-corrected chi connectivity index (χ2v) is 5.10. The summed E-state index contributed by atoms with van der Waals surface area (Å²) in [6.07, 6.45) is 1.74. The van der Waals surface area contributed by atoms with E-state index in [0.29, 0.717) is 11.6 Å². The first kappa shape index (κ1) is 10.4. The fraction of sp³-hybridized carbons (Fsp3) is 0. The Hall–Kier alpha value is -1.72. The zero-order chi connectivity index (χ0) is 11.7. The van der Waals surface area contributed by atoms with E-state index in [1.54, 1.807) is 17.4 Å². The van der Waals surface area contributed by atoms with Crippen LogP contribution in [-0.4, -0.2) is 11.9 Å². The molecular formula is C12H7NO2S2. The van der Waals surface area contributed by atoms with E-state index in [9.17, 15) is 4.79 Å². The van der Waals surface area contributed by atoms with Crippen LogP contribution < -0.4 is 0 Å². The number of thiophene rings is 2. The normalized spacial score (nSPS) is 17.3. The summed E-state index contributed by atoms with van der Waals surface area (Å²) in [4.78, 5) is 16.7. The fourth-order valence-electron chi connectivity index (χ4n) is 1.43. The molecule has 3 heterocycles. The Labute approximate surface area is 106 Å².